The molecule has 16 heavy (non-hydrogen) atoms. The van der Waals surface area contributed by atoms with Gasteiger partial charge in [-0.05, 0) is 50.5 Å². The van der Waals surface area contributed by atoms with Crippen LogP contribution in [0.15, 0.2) is 11.6 Å². The fourth-order valence-electron chi connectivity index (χ4n) is 2.34. The third kappa shape index (κ3) is 3.93. The van der Waals surface area contributed by atoms with Crippen molar-refractivity contribution in [3.63, 3.8) is 0 Å². The van der Waals surface area contributed by atoms with Crippen molar-refractivity contribution >= 4 is 0 Å². The lowest BCUT2D eigenvalue weighted by atomic mass is 9.76. The predicted molar refractivity (Wildman–Crippen MR) is 72.6 cm³/mol. The van der Waals surface area contributed by atoms with Crippen LogP contribution in [-0.4, -0.2) is 13.1 Å². The van der Waals surface area contributed by atoms with Crippen LogP contribution in [-0.2, 0) is 0 Å². The van der Waals surface area contributed by atoms with Crippen LogP contribution >= 0.6 is 0 Å². The van der Waals surface area contributed by atoms with Gasteiger partial charge in [-0.25, -0.2) is 0 Å². The van der Waals surface area contributed by atoms with Gasteiger partial charge in [0.1, 0.15) is 0 Å². The Balaban J connectivity index is 2.58. The second kappa shape index (κ2) is 5.86. The van der Waals surface area contributed by atoms with E-state index in [2.05, 4.69) is 46.1 Å². The van der Waals surface area contributed by atoms with E-state index < -0.39 is 0 Å². The molecular formula is C15H29N. The first-order chi connectivity index (χ1) is 7.45. The van der Waals surface area contributed by atoms with Crippen LogP contribution in [0.4, 0.5) is 0 Å². The van der Waals surface area contributed by atoms with E-state index in [4.69, 9.17) is 0 Å². The number of hydrogen-bond acceptors (Lipinski definition) is 1. The van der Waals surface area contributed by atoms with Crippen LogP contribution in [0.2, 0.25) is 0 Å². The first kappa shape index (κ1) is 13.8. The van der Waals surface area contributed by atoms with Crippen LogP contribution in [0.25, 0.3) is 0 Å². The summed E-state index contributed by atoms with van der Waals surface area (Å²) >= 11 is 0. The average molecular weight is 223 g/mol. The van der Waals surface area contributed by atoms with Crippen LogP contribution in [0, 0.1) is 11.3 Å². The fourth-order valence-corrected chi connectivity index (χ4v) is 2.34. The predicted octanol–water partition coefficient (Wildman–Crippen LogP) is 4.15. The van der Waals surface area contributed by atoms with Crippen molar-refractivity contribution in [2.45, 2.75) is 65.8 Å². The summed E-state index contributed by atoms with van der Waals surface area (Å²) in [5.41, 5.74) is 2.08. The largest absolute Gasteiger partial charge is 0.313 e. The lowest BCUT2D eigenvalue weighted by Crippen LogP contribution is -2.33. The number of likely N-dealkylation sites (N-methyl/N-ethyl adjacent to an activating group) is 1. The van der Waals surface area contributed by atoms with Gasteiger partial charge in [0.15, 0.2) is 0 Å². The Hall–Kier alpha value is -0.300. The summed E-state index contributed by atoms with van der Waals surface area (Å²) in [7, 11) is 2.11. The Kier molecular flexibility index (Phi) is 5.04. The molecule has 0 spiro atoms. The summed E-state index contributed by atoms with van der Waals surface area (Å²) < 4.78 is 0. The first-order valence-electron chi connectivity index (χ1n) is 6.81. The van der Waals surface area contributed by atoms with E-state index in [1.165, 1.54) is 32.1 Å². The summed E-state index contributed by atoms with van der Waals surface area (Å²) in [5, 5.41) is 3.51. The molecule has 0 fully saturated rings. The summed E-state index contributed by atoms with van der Waals surface area (Å²) in [6.07, 6.45) is 9.11. The molecule has 1 aliphatic carbocycles. The van der Waals surface area contributed by atoms with E-state index in [0.29, 0.717) is 11.5 Å². The van der Waals surface area contributed by atoms with Crippen molar-refractivity contribution in [3.8, 4) is 0 Å². The molecule has 1 heteroatoms. The Morgan fingerprint density at radius 2 is 2.00 bits per heavy atom. The number of hydrogen-bond donors (Lipinski definition) is 1. The minimum absolute atomic E-state index is 0.421. The standard InChI is InChI=1S/C15H29N/c1-12(15(2,3)4)11-14(16-5)13-9-7-6-8-10-13/h9,12,14,16H,6-8,10-11H2,1-5H3. The Bertz CT molecular complexity index is 234. The molecule has 0 aliphatic heterocycles. The zero-order valence-corrected chi connectivity index (χ0v) is 11.8. The van der Waals surface area contributed by atoms with Gasteiger partial charge < -0.3 is 5.32 Å². The molecule has 0 heterocycles. The van der Waals surface area contributed by atoms with Crippen LogP contribution < -0.4 is 5.32 Å². The molecule has 0 saturated carbocycles. The number of allylic oxidation sites excluding steroid dienone is 1. The molecule has 0 amide bonds. The van der Waals surface area contributed by atoms with E-state index >= 15 is 0 Å². The van der Waals surface area contributed by atoms with Gasteiger partial charge in [0.05, 0.1) is 0 Å². The minimum atomic E-state index is 0.421. The highest BCUT2D eigenvalue weighted by Crippen LogP contribution is 2.32. The summed E-state index contributed by atoms with van der Waals surface area (Å²) in [4.78, 5) is 0. The lowest BCUT2D eigenvalue weighted by molar-refractivity contribution is 0.231. The highest BCUT2D eigenvalue weighted by atomic mass is 14.9. The monoisotopic (exact) mass is 223 g/mol. The van der Waals surface area contributed by atoms with Gasteiger partial charge in [0, 0.05) is 6.04 Å². The van der Waals surface area contributed by atoms with Gasteiger partial charge in [-0.15, -0.1) is 0 Å². The Morgan fingerprint density at radius 3 is 2.44 bits per heavy atom. The number of rotatable bonds is 4. The third-order valence-electron chi connectivity index (χ3n) is 4.19. The topological polar surface area (TPSA) is 12.0 Å². The van der Waals surface area contributed by atoms with Gasteiger partial charge in [0.2, 0.25) is 0 Å². The molecule has 0 saturated heterocycles. The highest BCUT2D eigenvalue weighted by molar-refractivity contribution is 5.13. The van der Waals surface area contributed by atoms with E-state index in [9.17, 15) is 0 Å². The van der Waals surface area contributed by atoms with Gasteiger partial charge >= 0.3 is 0 Å². The minimum Gasteiger partial charge on any atom is -0.313 e. The summed E-state index contributed by atoms with van der Waals surface area (Å²) in [5.74, 6) is 0.757. The molecule has 2 atom stereocenters. The quantitative estimate of drug-likeness (QED) is 0.706. The van der Waals surface area contributed by atoms with E-state index in [-0.39, 0.29) is 0 Å². The third-order valence-corrected chi connectivity index (χ3v) is 4.19. The molecule has 1 N–H and O–H groups in total. The van der Waals surface area contributed by atoms with Crippen LogP contribution in [0.1, 0.15) is 59.8 Å². The van der Waals surface area contributed by atoms with Crippen molar-refractivity contribution < 1.29 is 0 Å². The zero-order chi connectivity index (χ0) is 12.2. The first-order valence-corrected chi connectivity index (χ1v) is 6.81. The molecule has 1 nitrogen and oxygen atoms in total. The van der Waals surface area contributed by atoms with Crippen molar-refractivity contribution in [3.05, 3.63) is 11.6 Å². The molecular weight excluding hydrogens is 194 g/mol. The molecule has 1 rings (SSSR count). The van der Waals surface area contributed by atoms with Crippen LogP contribution in [0.5, 0.6) is 0 Å². The smallest absolute Gasteiger partial charge is 0.0279 e. The second-order valence-electron chi connectivity index (χ2n) is 6.37. The molecule has 0 aromatic heterocycles. The maximum Gasteiger partial charge on any atom is 0.0279 e. The molecule has 0 bridgehead atoms. The van der Waals surface area contributed by atoms with E-state index in [1.807, 2.05) is 0 Å². The van der Waals surface area contributed by atoms with Gasteiger partial charge in [-0.1, -0.05) is 39.3 Å². The van der Waals surface area contributed by atoms with Crippen molar-refractivity contribution in [1.82, 2.24) is 5.32 Å². The maximum absolute atomic E-state index is 3.51. The lowest BCUT2D eigenvalue weighted by Gasteiger charge is -2.32. The molecule has 2 unspecified atom stereocenters. The van der Waals surface area contributed by atoms with E-state index in [0.717, 1.165) is 5.92 Å². The molecule has 1 aliphatic rings. The Morgan fingerprint density at radius 1 is 1.31 bits per heavy atom. The Labute approximate surface area is 102 Å². The normalized spacial score (nSPS) is 21.4. The molecule has 94 valence electrons. The summed E-state index contributed by atoms with van der Waals surface area (Å²) in [6.45, 7) is 9.42. The number of nitrogens with one attached hydrogen (secondary N) is 1. The SMILES string of the molecule is CNC(CC(C)C(C)(C)C)C1=CCCCC1. The second-order valence-corrected chi connectivity index (χ2v) is 6.37. The van der Waals surface area contributed by atoms with Crippen molar-refractivity contribution in [2.75, 3.05) is 7.05 Å². The fraction of sp³-hybridized carbons (Fsp3) is 0.867. The van der Waals surface area contributed by atoms with Crippen molar-refractivity contribution in [2.24, 2.45) is 11.3 Å². The maximum atomic E-state index is 3.51. The zero-order valence-electron chi connectivity index (χ0n) is 11.8. The van der Waals surface area contributed by atoms with Gasteiger partial charge in [-0.3, -0.25) is 0 Å². The van der Waals surface area contributed by atoms with Gasteiger partial charge in [-0.2, -0.15) is 0 Å². The molecule has 0 radical (unpaired) electrons. The van der Waals surface area contributed by atoms with E-state index in [1.54, 1.807) is 5.57 Å². The molecule has 0 aromatic carbocycles. The highest BCUT2D eigenvalue weighted by Gasteiger charge is 2.24. The molecule has 0 aromatic rings. The summed E-state index contributed by atoms with van der Waals surface area (Å²) in [6, 6.07) is 0.606. The van der Waals surface area contributed by atoms with Gasteiger partial charge in [0.25, 0.3) is 0 Å². The van der Waals surface area contributed by atoms with Crippen LogP contribution in [0.3, 0.4) is 0 Å². The van der Waals surface area contributed by atoms with Crippen molar-refractivity contribution in [1.29, 1.82) is 0 Å². The average Bonchev–Trinajstić information content (AvgIpc) is 2.25.